The Hall–Kier alpha value is -0.330. The van der Waals surface area contributed by atoms with Crippen LogP contribution in [0.5, 0.6) is 0 Å². The van der Waals surface area contributed by atoms with Gasteiger partial charge in [0.2, 0.25) is 0 Å². The monoisotopic (exact) mass is 321 g/mol. The molecule has 2 atom stereocenters. The highest BCUT2D eigenvalue weighted by molar-refractivity contribution is 8.06. The van der Waals surface area contributed by atoms with Gasteiger partial charge in [-0.05, 0) is 24.6 Å². The molecule has 0 radical (unpaired) electrons. The highest BCUT2D eigenvalue weighted by Crippen LogP contribution is 2.31. The third-order valence-electron chi connectivity index (χ3n) is 3.25. The number of benzene rings is 1. The van der Waals surface area contributed by atoms with Gasteiger partial charge in [0.1, 0.15) is 0 Å². The highest BCUT2D eigenvalue weighted by atomic mass is 32.2. The van der Waals surface area contributed by atoms with Crippen molar-refractivity contribution in [3.8, 4) is 0 Å². The smallest absolute Gasteiger partial charge is 0.309 e. The van der Waals surface area contributed by atoms with E-state index in [0.29, 0.717) is 10.8 Å². The van der Waals surface area contributed by atoms with Crippen molar-refractivity contribution in [1.82, 2.24) is 5.32 Å². The van der Waals surface area contributed by atoms with Crippen LogP contribution in [0.2, 0.25) is 0 Å². The normalized spacial score (nSPS) is 21.7. The summed E-state index contributed by atoms with van der Waals surface area (Å²) in [4.78, 5) is 0. The molecule has 1 saturated heterocycles. The molecule has 0 bridgehead atoms. The Kier molecular flexibility index (Phi) is 5.69. The molecule has 1 N–H and O–H groups in total. The summed E-state index contributed by atoms with van der Waals surface area (Å²) < 4.78 is 38.0. The van der Waals surface area contributed by atoms with Crippen molar-refractivity contribution in [2.75, 3.05) is 23.8 Å². The van der Waals surface area contributed by atoms with Crippen molar-refractivity contribution < 1.29 is 13.2 Å². The fourth-order valence-corrected chi connectivity index (χ4v) is 4.69. The van der Waals surface area contributed by atoms with E-state index in [1.807, 2.05) is 30.4 Å². The number of halogens is 3. The Morgan fingerprint density at radius 2 is 2.15 bits per heavy atom. The molecule has 1 nitrogen and oxygen atoms in total. The molecule has 0 saturated carbocycles. The SMILES string of the molecule is CC(NCC1CSCCS1)c1cccc(C(F)(F)F)c1. The summed E-state index contributed by atoms with van der Waals surface area (Å²) in [6.07, 6.45) is -4.27. The van der Waals surface area contributed by atoms with Crippen molar-refractivity contribution in [3.63, 3.8) is 0 Å². The van der Waals surface area contributed by atoms with E-state index in [1.165, 1.54) is 17.9 Å². The van der Waals surface area contributed by atoms with Crippen LogP contribution in [-0.2, 0) is 6.18 Å². The van der Waals surface area contributed by atoms with Gasteiger partial charge in [-0.15, -0.1) is 0 Å². The molecule has 1 aromatic rings. The molecule has 1 aliphatic heterocycles. The van der Waals surface area contributed by atoms with E-state index in [9.17, 15) is 13.2 Å². The summed E-state index contributed by atoms with van der Waals surface area (Å²) in [5.74, 6) is 3.48. The van der Waals surface area contributed by atoms with Gasteiger partial charge < -0.3 is 5.32 Å². The van der Waals surface area contributed by atoms with Gasteiger partial charge in [-0.2, -0.15) is 36.7 Å². The van der Waals surface area contributed by atoms with Crippen LogP contribution < -0.4 is 5.32 Å². The lowest BCUT2D eigenvalue weighted by atomic mass is 10.0. The topological polar surface area (TPSA) is 12.0 Å². The number of hydrogen-bond donors (Lipinski definition) is 1. The summed E-state index contributed by atoms with van der Waals surface area (Å²) >= 11 is 3.89. The minimum atomic E-state index is -4.27. The molecule has 1 aromatic carbocycles. The molecule has 0 aromatic heterocycles. The maximum absolute atomic E-state index is 12.7. The number of nitrogens with one attached hydrogen (secondary N) is 1. The van der Waals surface area contributed by atoms with Crippen molar-refractivity contribution >= 4 is 23.5 Å². The minimum Gasteiger partial charge on any atom is -0.309 e. The Morgan fingerprint density at radius 3 is 2.80 bits per heavy atom. The van der Waals surface area contributed by atoms with Gasteiger partial charge in [-0.3, -0.25) is 0 Å². The van der Waals surface area contributed by atoms with Gasteiger partial charge in [0.15, 0.2) is 0 Å². The minimum absolute atomic E-state index is 0.0650. The lowest BCUT2D eigenvalue weighted by Crippen LogP contribution is -2.30. The summed E-state index contributed by atoms with van der Waals surface area (Å²) in [7, 11) is 0. The quantitative estimate of drug-likeness (QED) is 0.892. The fraction of sp³-hybridized carbons (Fsp3) is 0.571. The van der Waals surface area contributed by atoms with Crippen LogP contribution in [0, 0.1) is 0 Å². The average molecular weight is 321 g/mol. The summed E-state index contributed by atoms with van der Waals surface area (Å²) in [5, 5.41) is 3.90. The number of hydrogen-bond acceptors (Lipinski definition) is 3. The molecule has 112 valence electrons. The fourth-order valence-electron chi connectivity index (χ4n) is 2.06. The number of rotatable bonds is 4. The second-order valence-corrected chi connectivity index (χ2v) is 7.38. The van der Waals surface area contributed by atoms with E-state index >= 15 is 0 Å². The van der Waals surface area contributed by atoms with E-state index in [1.54, 1.807) is 6.07 Å². The second-order valence-electron chi connectivity index (χ2n) is 4.82. The van der Waals surface area contributed by atoms with E-state index in [-0.39, 0.29) is 6.04 Å². The van der Waals surface area contributed by atoms with Crippen LogP contribution in [0.1, 0.15) is 24.1 Å². The third kappa shape index (κ3) is 4.60. The average Bonchev–Trinajstić information content (AvgIpc) is 2.45. The predicted octanol–water partition coefficient (Wildman–Crippen LogP) is 4.20. The van der Waals surface area contributed by atoms with E-state index in [2.05, 4.69) is 5.32 Å². The molecule has 6 heteroatoms. The van der Waals surface area contributed by atoms with Crippen LogP contribution >= 0.6 is 23.5 Å². The van der Waals surface area contributed by atoms with Crippen molar-refractivity contribution in [3.05, 3.63) is 35.4 Å². The predicted molar refractivity (Wildman–Crippen MR) is 81.4 cm³/mol. The Labute approximate surface area is 126 Å². The standard InChI is InChI=1S/C14H18F3NS2/c1-10(18-8-13-9-19-5-6-20-13)11-3-2-4-12(7-11)14(15,16)17/h2-4,7,10,13,18H,5-6,8-9H2,1H3. The van der Waals surface area contributed by atoms with Crippen LogP contribution in [0.3, 0.4) is 0 Å². The molecule has 1 fully saturated rings. The van der Waals surface area contributed by atoms with Gasteiger partial charge >= 0.3 is 6.18 Å². The van der Waals surface area contributed by atoms with Gasteiger partial charge in [-0.1, -0.05) is 12.1 Å². The molecule has 2 rings (SSSR count). The van der Waals surface area contributed by atoms with E-state index in [0.717, 1.165) is 24.1 Å². The van der Waals surface area contributed by atoms with Gasteiger partial charge in [0.25, 0.3) is 0 Å². The largest absolute Gasteiger partial charge is 0.416 e. The zero-order chi connectivity index (χ0) is 14.6. The first-order valence-corrected chi connectivity index (χ1v) is 8.77. The van der Waals surface area contributed by atoms with Crippen molar-refractivity contribution in [1.29, 1.82) is 0 Å². The lowest BCUT2D eigenvalue weighted by Gasteiger charge is -2.24. The second kappa shape index (κ2) is 7.09. The number of alkyl halides is 3. The molecular formula is C14H18F3NS2. The van der Waals surface area contributed by atoms with E-state index < -0.39 is 11.7 Å². The molecule has 20 heavy (non-hydrogen) atoms. The summed E-state index contributed by atoms with van der Waals surface area (Å²) in [6, 6.07) is 5.51. The lowest BCUT2D eigenvalue weighted by molar-refractivity contribution is -0.137. The third-order valence-corrected chi connectivity index (χ3v) is 6.10. The maximum atomic E-state index is 12.7. The maximum Gasteiger partial charge on any atom is 0.416 e. The highest BCUT2D eigenvalue weighted by Gasteiger charge is 2.30. The molecule has 1 heterocycles. The van der Waals surface area contributed by atoms with Crippen LogP contribution in [0.25, 0.3) is 0 Å². The number of thioether (sulfide) groups is 2. The van der Waals surface area contributed by atoms with Gasteiger partial charge in [0, 0.05) is 35.1 Å². The van der Waals surface area contributed by atoms with Crippen molar-refractivity contribution in [2.24, 2.45) is 0 Å². The Bertz CT molecular complexity index is 431. The van der Waals surface area contributed by atoms with Crippen LogP contribution in [0.15, 0.2) is 24.3 Å². The Morgan fingerprint density at radius 1 is 1.35 bits per heavy atom. The van der Waals surface area contributed by atoms with Crippen molar-refractivity contribution in [2.45, 2.75) is 24.4 Å². The van der Waals surface area contributed by atoms with E-state index in [4.69, 9.17) is 0 Å². The van der Waals surface area contributed by atoms with Crippen LogP contribution in [-0.4, -0.2) is 29.1 Å². The molecule has 0 amide bonds. The molecular weight excluding hydrogens is 303 g/mol. The summed E-state index contributed by atoms with van der Waals surface area (Å²) in [6.45, 7) is 2.76. The molecule has 1 aliphatic rings. The van der Waals surface area contributed by atoms with Gasteiger partial charge in [-0.25, -0.2) is 0 Å². The first kappa shape index (κ1) is 16.0. The molecule has 0 aliphatic carbocycles. The Balaban J connectivity index is 1.93. The molecule has 2 unspecified atom stereocenters. The summed E-state index contributed by atoms with van der Waals surface area (Å²) in [5.41, 5.74) is 0.111. The van der Waals surface area contributed by atoms with Gasteiger partial charge in [0.05, 0.1) is 5.56 Å². The van der Waals surface area contributed by atoms with Crippen LogP contribution in [0.4, 0.5) is 13.2 Å². The first-order chi connectivity index (χ1) is 9.47. The zero-order valence-corrected chi connectivity index (χ0v) is 12.9. The molecule has 0 spiro atoms. The zero-order valence-electron chi connectivity index (χ0n) is 11.2. The first-order valence-electron chi connectivity index (χ1n) is 6.56.